The average molecular weight is 440 g/mol. The fourth-order valence-corrected chi connectivity index (χ4v) is 4.33. The Morgan fingerprint density at radius 1 is 1.16 bits per heavy atom. The van der Waals surface area contributed by atoms with E-state index in [-0.39, 0.29) is 31.1 Å². The smallest absolute Gasteiger partial charge is 0.423 e. The van der Waals surface area contributed by atoms with Crippen molar-refractivity contribution in [3.8, 4) is 5.88 Å². The first-order valence-electron chi connectivity index (χ1n) is 10.7. The van der Waals surface area contributed by atoms with E-state index in [4.69, 9.17) is 9.47 Å². The molecular weight excluding hydrogens is 413 g/mol. The van der Waals surface area contributed by atoms with Crippen molar-refractivity contribution < 1.29 is 22.6 Å². The maximum atomic E-state index is 13.3. The zero-order valence-corrected chi connectivity index (χ0v) is 17.5. The molecule has 1 aliphatic carbocycles. The molecule has 3 heterocycles. The van der Waals surface area contributed by atoms with Crippen molar-refractivity contribution in [2.75, 3.05) is 25.6 Å². The molecule has 1 N–H and O–H groups in total. The number of fused-ring (bicyclic) bond motifs is 1. The largest absolute Gasteiger partial charge is 0.475 e. The molecule has 4 rings (SSSR count). The summed E-state index contributed by atoms with van der Waals surface area (Å²) in [6.45, 7) is 1.09. The highest BCUT2D eigenvalue weighted by atomic mass is 19.4. The van der Waals surface area contributed by atoms with Gasteiger partial charge in [-0.2, -0.15) is 18.2 Å². The number of halogens is 3. The predicted octanol–water partition coefficient (Wildman–Crippen LogP) is 3.59. The van der Waals surface area contributed by atoms with Gasteiger partial charge in [-0.05, 0) is 32.1 Å². The minimum atomic E-state index is -4.59. The molecule has 0 bridgehead atoms. The number of nitrogens with one attached hydrogen (secondary N) is 1. The highest BCUT2D eigenvalue weighted by molar-refractivity contribution is 5.36. The van der Waals surface area contributed by atoms with Gasteiger partial charge in [0.05, 0.1) is 6.61 Å². The molecule has 170 valence electrons. The Kier molecular flexibility index (Phi) is 6.59. The number of rotatable bonds is 7. The Morgan fingerprint density at radius 3 is 2.84 bits per heavy atom. The average Bonchev–Trinajstić information content (AvgIpc) is 3.18. The molecule has 1 aliphatic heterocycles. The molecule has 1 saturated carbocycles. The van der Waals surface area contributed by atoms with Gasteiger partial charge in [0.2, 0.25) is 11.8 Å². The number of alkyl halides is 3. The second-order valence-corrected chi connectivity index (χ2v) is 8.04. The maximum absolute atomic E-state index is 13.3. The van der Waals surface area contributed by atoms with Gasteiger partial charge >= 0.3 is 6.18 Å². The molecule has 0 radical (unpaired) electrons. The number of nitrogens with zero attached hydrogens (tertiary/aromatic N) is 5. The minimum Gasteiger partial charge on any atom is -0.475 e. The molecule has 0 spiro atoms. The van der Waals surface area contributed by atoms with Crippen LogP contribution < -0.4 is 10.1 Å². The van der Waals surface area contributed by atoms with Crippen molar-refractivity contribution >= 4 is 5.95 Å². The van der Waals surface area contributed by atoms with Crippen LogP contribution in [0.15, 0.2) is 6.20 Å². The number of aryl methyl sites for hydroxylation is 1. The standard InChI is InChI=1S/C20H27F3N6O2/c1-30-9-10-31-18-15(20(21,22)23)12-24-19(26-18)25-14-6-4-5-13(11-14)17-28-27-16-7-2-3-8-29(16)17/h12-14H,2-11H2,1H3,(H,24,25,26)/t13-,14+/m0/s1. The minimum absolute atomic E-state index is 0.0282. The monoisotopic (exact) mass is 440 g/mol. The third-order valence-electron chi connectivity index (χ3n) is 5.85. The number of methoxy groups -OCH3 is 1. The summed E-state index contributed by atoms with van der Waals surface area (Å²) in [7, 11) is 1.45. The van der Waals surface area contributed by atoms with Gasteiger partial charge in [-0.15, -0.1) is 10.2 Å². The molecule has 11 heteroatoms. The third kappa shape index (κ3) is 5.08. The lowest BCUT2D eigenvalue weighted by molar-refractivity contribution is -0.139. The normalized spacial score (nSPS) is 21.5. The Labute approximate surface area is 178 Å². The van der Waals surface area contributed by atoms with Gasteiger partial charge in [-0.25, -0.2) is 4.98 Å². The van der Waals surface area contributed by atoms with Crippen molar-refractivity contribution in [2.24, 2.45) is 0 Å². The van der Waals surface area contributed by atoms with E-state index >= 15 is 0 Å². The second kappa shape index (κ2) is 9.37. The summed E-state index contributed by atoms with van der Waals surface area (Å²) in [5, 5.41) is 12.0. The van der Waals surface area contributed by atoms with E-state index < -0.39 is 17.6 Å². The summed E-state index contributed by atoms with van der Waals surface area (Å²) in [6, 6.07) is 0.0406. The van der Waals surface area contributed by atoms with Gasteiger partial charge in [0.15, 0.2) is 0 Å². The first-order valence-corrected chi connectivity index (χ1v) is 10.7. The summed E-state index contributed by atoms with van der Waals surface area (Å²) < 4.78 is 52.1. The zero-order chi connectivity index (χ0) is 21.8. The van der Waals surface area contributed by atoms with E-state index in [0.29, 0.717) is 0 Å². The van der Waals surface area contributed by atoms with Crippen molar-refractivity contribution in [3.63, 3.8) is 0 Å². The number of aromatic nitrogens is 5. The summed E-state index contributed by atoms with van der Waals surface area (Å²) in [4.78, 5) is 7.91. The lowest BCUT2D eigenvalue weighted by Crippen LogP contribution is -2.29. The predicted molar refractivity (Wildman–Crippen MR) is 106 cm³/mol. The molecule has 2 aromatic rings. The van der Waals surface area contributed by atoms with Gasteiger partial charge in [0.1, 0.15) is 23.8 Å². The molecule has 0 unspecified atom stereocenters. The molecule has 0 aromatic carbocycles. The van der Waals surface area contributed by atoms with Crippen LogP contribution in [0.2, 0.25) is 0 Å². The molecule has 0 amide bonds. The van der Waals surface area contributed by atoms with Crippen LogP contribution in [0.5, 0.6) is 5.88 Å². The molecule has 8 nitrogen and oxygen atoms in total. The van der Waals surface area contributed by atoms with Crippen LogP contribution in [0.25, 0.3) is 0 Å². The Hall–Kier alpha value is -2.43. The van der Waals surface area contributed by atoms with Gasteiger partial charge < -0.3 is 19.4 Å². The van der Waals surface area contributed by atoms with Crippen molar-refractivity contribution in [1.29, 1.82) is 0 Å². The highest BCUT2D eigenvalue weighted by Gasteiger charge is 2.36. The van der Waals surface area contributed by atoms with Crippen molar-refractivity contribution in [3.05, 3.63) is 23.4 Å². The topological polar surface area (TPSA) is 87.0 Å². The van der Waals surface area contributed by atoms with Crippen LogP contribution >= 0.6 is 0 Å². The number of hydrogen-bond donors (Lipinski definition) is 1. The van der Waals surface area contributed by atoms with Gasteiger partial charge in [0, 0.05) is 38.2 Å². The second-order valence-electron chi connectivity index (χ2n) is 8.04. The molecular formula is C20H27F3N6O2. The van der Waals surface area contributed by atoms with E-state index in [1.165, 1.54) is 7.11 Å². The molecule has 2 aliphatic rings. The summed E-state index contributed by atoms with van der Waals surface area (Å²) >= 11 is 0. The van der Waals surface area contributed by atoms with E-state index in [1.807, 2.05) is 0 Å². The lowest BCUT2D eigenvalue weighted by Gasteiger charge is -2.30. The quantitative estimate of drug-likeness (QED) is 0.659. The molecule has 2 aromatic heterocycles. The van der Waals surface area contributed by atoms with Crippen LogP contribution in [0.1, 0.15) is 61.7 Å². The summed E-state index contributed by atoms with van der Waals surface area (Å²) in [5.41, 5.74) is -0.995. The van der Waals surface area contributed by atoms with Crippen LogP contribution in [0, 0.1) is 0 Å². The van der Waals surface area contributed by atoms with E-state index in [0.717, 1.165) is 69.3 Å². The van der Waals surface area contributed by atoms with Gasteiger partial charge in [0.25, 0.3) is 0 Å². The fraction of sp³-hybridized carbons (Fsp3) is 0.700. The lowest BCUT2D eigenvalue weighted by atomic mass is 9.85. The summed E-state index contributed by atoms with van der Waals surface area (Å²) in [5.74, 6) is 1.99. The van der Waals surface area contributed by atoms with E-state index in [1.54, 1.807) is 0 Å². The molecule has 0 saturated heterocycles. The maximum Gasteiger partial charge on any atom is 0.423 e. The third-order valence-corrected chi connectivity index (χ3v) is 5.85. The van der Waals surface area contributed by atoms with Crippen LogP contribution in [0.4, 0.5) is 19.1 Å². The summed E-state index contributed by atoms with van der Waals surface area (Å²) in [6.07, 6.45) is 3.13. The van der Waals surface area contributed by atoms with Gasteiger partial charge in [-0.1, -0.05) is 6.42 Å². The van der Waals surface area contributed by atoms with E-state index in [9.17, 15) is 13.2 Å². The SMILES string of the molecule is COCCOc1nc(N[C@@H]2CCC[C@H](c3nnc4n3CCCC4)C2)ncc1C(F)(F)F. The fourth-order valence-electron chi connectivity index (χ4n) is 4.33. The van der Waals surface area contributed by atoms with E-state index in [2.05, 4.69) is 30.0 Å². The van der Waals surface area contributed by atoms with Crippen LogP contribution in [0.3, 0.4) is 0 Å². The Bertz CT molecular complexity index is 888. The zero-order valence-electron chi connectivity index (χ0n) is 17.5. The molecule has 2 atom stereocenters. The molecule has 31 heavy (non-hydrogen) atoms. The highest BCUT2D eigenvalue weighted by Crippen LogP contribution is 2.37. The first-order chi connectivity index (χ1) is 15.0. The molecule has 1 fully saturated rings. The Morgan fingerprint density at radius 2 is 2.03 bits per heavy atom. The number of ether oxygens (including phenoxy) is 2. The number of anilines is 1. The first kappa shape index (κ1) is 21.8. The number of hydrogen-bond acceptors (Lipinski definition) is 7. The van der Waals surface area contributed by atoms with Crippen LogP contribution in [-0.2, 0) is 23.9 Å². The van der Waals surface area contributed by atoms with Gasteiger partial charge in [-0.3, -0.25) is 0 Å². The van der Waals surface area contributed by atoms with Crippen molar-refractivity contribution in [1.82, 2.24) is 24.7 Å². The van der Waals surface area contributed by atoms with Crippen molar-refractivity contribution in [2.45, 2.75) is 69.6 Å². The van der Waals surface area contributed by atoms with Crippen LogP contribution in [-0.4, -0.2) is 51.1 Å². The Balaban J connectivity index is 1.47.